The van der Waals surface area contributed by atoms with Crippen LogP contribution in [-0.2, 0) is 19.0 Å². The van der Waals surface area contributed by atoms with E-state index in [1.54, 1.807) is 51.1 Å². The molecule has 0 spiro atoms. The molecular formula is C16H19NO6. The van der Waals surface area contributed by atoms with Crippen LogP contribution in [0.3, 0.4) is 0 Å². The number of esters is 1. The quantitative estimate of drug-likeness (QED) is 0.615. The minimum Gasteiger partial charge on any atom is -0.443 e. The van der Waals surface area contributed by atoms with E-state index >= 15 is 0 Å². The summed E-state index contributed by atoms with van der Waals surface area (Å²) >= 11 is 0. The molecule has 0 unspecified atom stereocenters. The van der Waals surface area contributed by atoms with Crippen molar-refractivity contribution in [3.63, 3.8) is 0 Å². The van der Waals surface area contributed by atoms with Crippen molar-refractivity contribution in [3.8, 4) is 0 Å². The zero-order valence-electron chi connectivity index (χ0n) is 13.4. The van der Waals surface area contributed by atoms with Gasteiger partial charge in [-0.15, -0.1) is 0 Å². The molecule has 1 aromatic carbocycles. The smallest absolute Gasteiger partial charge is 0.427 e. The molecule has 2 atom stereocenters. The second-order valence-corrected chi connectivity index (χ2v) is 6.05. The first-order chi connectivity index (χ1) is 10.7. The number of benzene rings is 1. The van der Waals surface area contributed by atoms with Crippen molar-refractivity contribution in [2.45, 2.75) is 38.5 Å². The third kappa shape index (κ3) is 3.68. The lowest BCUT2D eigenvalue weighted by Crippen LogP contribution is -2.55. The second kappa shape index (κ2) is 6.37. The Morgan fingerprint density at radius 3 is 2.30 bits per heavy atom. The van der Waals surface area contributed by atoms with Gasteiger partial charge in [0.2, 0.25) is 0 Å². The van der Waals surface area contributed by atoms with Crippen LogP contribution in [-0.4, -0.2) is 41.9 Å². The van der Waals surface area contributed by atoms with Gasteiger partial charge in [0.25, 0.3) is 0 Å². The van der Waals surface area contributed by atoms with E-state index in [0.29, 0.717) is 5.56 Å². The third-order valence-electron chi connectivity index (χ3n) is 3.17. The van der Waals surface area contributed by atoms with E-state index in [9.17, 15) is 14.4 Å². The maximum Gasteiger partial charge on any atom is 0.427 e. The van der Waals surface area contributed by atoms with E-state index in [-0.39, 0.29) is 0 Å². The minimum absolute atomic E-state index is 0.565. The lowest BCUT2D eigenvalue weighted by atomic mass is 9.99. The summed E-state index contributed by atoms with van der Waals surface area (Å²) in [6, 6.07) is 7.69. The number of carbonyl (C=O) groups is 3. The maximum atomic E-state index is 12.4. The molecule has 124 valence electrons. The fourth-order valence-corrected chi connectivity index (χ4v) is 2.27. The predicted octanol–water partition coefficient (Wildman–Crippen LogP) is 2.66. The van der Waals surface area contributed by atoms with Crippen LogP contribution in [0.25, 0.3) is 0 Å². The van der Waals surface area contributed by atoms with Crippen molar-refractivity contribution in [3.05, 3.63) is 35.9 Å². The molecular weight excluding hydrogens is 302 g/mol. The van der Waals surface area contributed by atoms with Crippen molar-refractivity contribution in [1.82, 2.24) is 4.90 Å². The Hall–Kier alpha value is -2.41. The molecule has 0 aliphatic carbocycles. The highest BCUT2D eigenvalue weighted by Gasteiger charge is 2.49. The molecule has 7 heteroatoms. The van der Waals surface area contributed by atoms with Crippen LogP contribution in [0, 0.1) is 0 Å². The van der Waals surface area contributed by atoms with Crippen LogP contribution in [0.4, 0.5) is 9.59 Å². The molecule has 1 heterocycles. The SMILES string of the molecule is CO[C@H]1C(=O)OC(=O)N(C(=O)OC(C)(C)C)[C@H]1c1ccccc1. The first kappa shape index (κ1) is 17.0. The molecule has 0 N–H and O–H groups in total. The van der Waals surface area contributed by atoms with E-state index < -0.39 is 35.9 Å². The number of rotatable bonds is 2. The van der Waals surface area contributed by atoms with E-state index in [1.807, 2.05) is 0 Å². The first-order valence-corrected chi connectivity index (χ1v) is 7.10. The molecule has 0 bridgehead atoms. The van der Waals surface area contributed by atoms with Gasteiger partial charge in [-0.05, 0) is 26.3 Å². The Morgan fingerprint density at radius 2 is 1.78 bits per heavy atom. The highest BCUT2D eigenvalue weighted by molar-refractivity contribution is 5.98. The number of hydrogen-bond acceptors (Lipinski definition) is 6. The summed E-state index contributed by atoms with van der Waals surface area (Å²) in [6.45, 7) is 5.03. The van der Waals surface area contributed by atoms with Gasteiger partial charge in [0.1, 0.15) is 11.6 Å². The normalized spacial score (nSPS) is 21.8. The van der Waals surface area contributed by atoms with Gasteiger partial charge < -0.3 is 14.2 Å². The average Bonchev–Trinajstić information content (AvgIpc) is 2.45. The third-order valence-corrected chi connectivity index (χ3v) is 3.17. The Kier molecular flexibility index (Phi) is 4.70. The van der Waals surface area contributed by atoms with Crippen LogP contribution in [0.1, 0.15) is 32.4 Å². The monoisotopic (exact) mass is 321 g/mol. The number of nitrogens with zero attached hydrogens (tertiary/aromatic N) is 1. The van der Waals surface area contributed by atoms with Crippen LogP contribution >= 0.6 is 0 Å². The number of carbonyl (C=O) groups excluding carboxylic acids is 3. The topological polar surface area (TPSA) is 82.1 Å². The fraction of sp³-hybridized carbons (Fsp3) is 0.438. The van der Waals surface area contributed by atoms with Crippen LogP contribution < -0.4 is 0 Å². The van der Waals surface area contributed by atoms with Crippen molar-refractivity contribution in [1.29, 1.82) is 0 Å². The first-order valence-electron chi connectivity index (χ1n) is 7.10. The average molecular weight is 321 g/mol. The molecule has 7 nitrogen and oxygen atoms in total. The highest BCUT2D eigenvalue weighted by atomic mass is 16.6. The van der Waals surface area contributed by atoms with Crippen LogP contribution in [0.2, 0.25) is 0 Å². The van der Waals surface area contributed by atoms with E-state index in [4.69, 9.17) is 9.47 Å². The summed E-state index contributed by atoms with van der Waals surface area (Å²) in [5.74, 6) is -0.842. The summed E-state index contributed by atoms with van der Waals surface area (Å²) in [5, 5.41) is 0. The standard InChI is InChI=1S/C16H19NO6/c1-16(2,3)23-15(20)17-11(10-8-6-5-7-9-10)12(21-4)13(18)22-14(17)19/h5-9,11-12H,1-4H3/t11-,12+/m0/s1. The van der Waals surface area contributed by atoms with Gasteiger partial charge >= 0.3 is 18.2 Å². The summed E-state index contributed by atoms with van der Waals surface area (Å²) in [7, 11) is 1.31. The lowest BCUT2D eigenvalue weighted by Gasteiger charge is -2.37. The number of ether oxygens (including phenoxy) is 3. The summed E-state index contributed by atoms with van der Waals surface area (Å²) < 4.78 is 15.0. The molecule has 1 aliphatic rings. The Bertz CT molecular complexity index is 607. The number of amides is 2. The van der Waals surface area contributed by atoms with E-state index in [1.165, 1.54) is 7.11 Å². The van der Waals surface area contributed by atoms with E-state index in [0.717, 1.165) is 4.90 Å². The highest BCUT2D eigenvalue weighted by Crippen LogP contribution is 2.32. The molecule has 1 aliphatic heterocycles. The molecule has 1 saturated heterocycles. The van der Waals surface area contributed by atoms with Crippen molar-refractivity contribution in [2.24, 2.45) is 0 Å². The van der Waals surface area contributed by atoms with Gasteiger partial charge in [0.15, 0.2) is 6.10 Å². The zero-order chi connectivity index (χ0) is 17.2. The number of cyclic esters (lactones) is 2. The van der Waals surface area contributed by atoms with Gasteiger partial charge in [0, 0.05) is 7.11 Å². The minimum atomic E-state index is -1.12. The van der Waals surface area contributed by atoms with Crippen molar-refractivity contribution in [2.75, 3.05) is 7.11 Å². The summed E-state index contributed by atoms with van der Waals surface area (Å²) in [4.78, 5) is 37.2. The molecule has 23 heavy (non-hydrogen) atoms. The predicted molar refractivity (Wildman–Crippen MR) is 79.5 cm³/mol. The Morgan fingerprint density at radius 1 is 1.17 bits per heavy atom. The van der Waals surface area contributed by atoms with E-state index in [2.05, 4.69) is 4.74 Å². The largest absolute Gasteiger partial charge is 0.443 e. The Labute approximate surface area is 134 Å². The number of methoxy groups -OCH3 is 1. The molecule has 2 amide bonds. The molecule has 0 radical (unpaired) electrons. The summed E-state index contributed by atoms with van der Waals surface area (Å²) in [6.07, 6.45) is -3.10. The van der Waals surface area contributed by atoms with Crippen molar-refractivity contribution >= 4 is 18.2 Å². The molecule has 0 aromatic heterocycles. The number of imide groups is 1. The molecule has 0 saturated carbocycles. The fourth-order valence-electron chi connectivity index (χ4n) is 2.27. The maximum absolute atomic E-state index is 12.4. The van der Waals surface area contributed by atoms with Crippen LogP contribution in [0.5, 0.6) is 0 Å². The summed E-state index contributed by atoms with van der Waals surface area (Å²) in [5.41, 5.74) is -0.238. The number of hydrogen-bond donors (Lipinski definition) is 0. The second-order valence-electron chi connectivity index (χ2n) is 6.05. The van der Waals surface area contributed by atoms with Gasteiger partial charge in [-0.25, -0.2) is 19.3 Å². The van der Waals surface area contributed by atoms with Gasteiger partial charge in [-0.3, -0.25) is 0 Å². The zero-order valence-corrected chi connectivity index (χ0v) is 13.4. The molecule has 1 fully saturated rings. The molecule has 1 aromatic rings. The molecule has 2 rings (SSSR count). The van der Waals surface area contributed by atoms with Gasteiger partial charge in [0.05, 0.1) is 0 Å². The van der Waals surface area contributed by atoms with Crippen LogP contribution in [0.15, 0.2) is 30.3 Å². The van der Waals surface area contributed by atoms with Crippen molar-refractivity contribution < 1.29 is 28.6 Å². The van der Waals surface area contributed by atoms with Gasteiger partial charge in [-0.1, -0.05) is 30.3 Å². The van der Waals surface area contributed by atoms with Gasteiger partial charge in [-0.2, -0.15) is 0 Å². The lowest BCUT2D eigenvalue weighted by molar-refractivity contribution is -0.160. The Balaban J connectivity index is 2.44.